The molecule has 3 nitrogen and oxygen atoms in total. The largest absolute Gasteiger partial charge is 0.208 e. The van der Waals surface area contributed by atoms with E-state index in [1.807, 2.05) is 29.5 Å². The van der Waals surface area contributed by atoms with E-state index in [0.717, 1.165) is 16.7 Å². The van der Waals surface area contributed by atoms with Gasteiger partial charge in [-0.15, -0.1) is 22.7 Å². The first-order chi connectivity index (χ1) is 19.2. The highest BCUT2D eigenvalue weighted by Gasteiger charge is 2.19. The summed E-state index contributed by atoms with van der Waals surface area (Å²) in [6.45, 7) is 0. The lowest BCUT2D eigenvalue weighted by Crippen LogP contribution is -2.00. The molecule has 0 amide bonds. The molecule has 0 saturated heterocycles. The van der Waals surface area contributed by atoms with E-state index in [1.165, 1.54) is 45.8 Å². The average molecular weight is 533 g/mol. The van der Waals surface area contributed by atoms with Crippen molar-refractivity contribution in [1.29, 1.82) is 0 Å². The van der Waals surface area contributed by atoms with Gasteiger partial charge in [0.15, 0.2) is 17.5 Å². The van der Waals surface area contributed by atoms with E-state index in [-0.39, 0.29) is 0 Å². The Bertz CT molecular complexity index is 2200. The van der Waals surface area contributed by atoms with Crippen LogP contribution in [0.3, 0.4) is 0 Å². The number of rotatable bonds is 3. The SMILES string of the molecule is Bc1cccc2c1sc1c(-c3nc(-c4ccccc4)nc(-c4cccc5c4sc4ccccc45)n3)cccc12. The standard InChI is InChI=1S/C33H20BN3S2/c34-26-17-8-14-23-22-13-7-16-25(29(22)39-30(23)26)33-36-31(19-9-2-1-3-10-19)35-32(37-33)24-15-6-12-21-20-11-4-5-18-27(20)38-28(21)24/h1-18H,34H2. The van der Waals surface area contributed by atoms with E-state index in [0.29, 0.717) is 17.5 Å². The van der Waals surface area contributed by atoms with Crippen molar-refractivity contribution in [2.45, 2.75) is 0 Å². The second-order valence-electron chi connectivity index (χ2n) is 9.69. The molecule has 0 bridgehead atoms. The summed E-state index contributed by atoms with van der Waals surface area (Å²) in [4.78, 5) is 15.3. The number of hydrogen-bond donors (Lipinski definition) is 0. The first kappa shape index (κ1) is 22.6. The fourth-order valence-corrected chi connectivity index (χ4v) is 7.88. The van der Waals surface area contributed by atoms with Crippen molar-refractivity contribution >= 4 is 76.3 Å². The van der Waals surface area contributed by atoms with Gasteiger partial charge in [0.1, 0.15) is 7.85 Å². The first-order valence-corrected chi connectivity index (χ1v) is 14.5. The molecule has 0 radical (unpaired) electrons. The van der Waals surface area contributed by atoms with E-state index in [2.05, 4.69) is 98.8 Å². The highest BCUT2D eigenvalue weighted by Crippen LogP contribution is 2.41. The van der Waals surface area contributed by atoms with Crippen LogP contribution in [-0.2, 0) is 0 Å². The number of benzene rings is 5. The number of aromatic nitrogens is 3. The van der Waals surface area contributed by atoms with Crippen molar-refractivity contribution < 1.29 is 0 Å². The summed E-state index contributed by atoms with van der Waals surface area (Å²) in [7, 11) is 2.18. The minimum atomic E-state index is 0.683. The van der Waals surface area contributed by atoms with Gasteiger partial charge in [0, 0.05) is 51.6 Å². The summed E-state index contributed by atoms with van der Waals surface area (Å²) in [5, 5.41) is 5.02. The van der Waals surface area contributed by atoms with Crippen LogP contribution >= 0.6 is 22.7 Å². The molecular weight excluding hydrogens is 513 g/mol. The maximum absolute atomic E-state index is 5.15. The molecule has 0 spiro atoms. The Kier molecular flexibility index (Phi) is 5.12. The second-order valence-corrected chi connectivity index (χ2v) is 11.8. The lowest BCUT2D eigenvalue weighted by Gasteiger charge is -2.09. The summed E-state index contributed by atoms with van der Waals surface area (Å²) < 4.78 is 4.99. The molecule has 0 unspecified atom stereocenters. The van der Waals surface area contributed by atoms with Gasteiger partial charge in [0.05, 0.1) is 0 Å². The molecule has 5 aromatic carbocycles. The fraction of sp³-hybridized carbons (Fsp3) is 0. The van der Waals surface area contributed by atoms with E-state index in [4.69, 9.17) is 15.0 Å². The Labute approximate surface area is 233 Å². The van der Waals surface area contributed by atoms with Crippen LogP contribution in [0.2, 0.25) is 0 Å². The number of thiophene rings is 2. The van der Waals surface area contributed by atoms with E-state index in [9.17, 15) is 0 Å². The Balaban J connectivity index is 1.43. The third kappa shape index (κ3) is 3.60. The predicted octanol–water partition coefficient (Wildman–Crippen LogP) is 7.87. The summed E-state index contributed by atoms with van der Waals surface area (Å²) in [5.74, 6) is 2.08. The van der Waals surface area contributed by atoms with Crippen LogP contribution in [0.5, 0.6) is 0 Å². The van der Waals surface area contributed by atoms with Gasteiger partial charge in [-0.3, -0.25) is 0 Å². The van der Waals surface area contributed by atoms with E-state index in [1.54, 1.807) is 11.3 Å². The maximum atomic E-state index is 5.15. The van der Waals surface area contributed by atoms with Gasteiger partial charge in [-0.1, -0.05) is 96.5 Å². The van der Waals surface area contributed by atoms with Gasteiger partial charge in [-0.2, -0.15) is 0 Å². The monoisotopic (exact) mass is 533 g/mol. The van der Waals surface area contributed by atoms with Crippen LogP contribution in [0, 0.1) is 0 Å². The molecule has 0 aliphatic rings. The smallest absolute Gasteiger partial charge is 0.165 e. The molecule has 0 N–H and O–H groups in total. The van der Waals surface area contributed by atoms with Crippen molar-refractivity contribution in [2.75, 3.05) is 0 Å². The fourth-order valence-electron chi connectivity index (χ4n) is 5.39. The number of nitrogens with zero attached hydrogens (tertiary/aromatic N) is 3. The van der Waals surface area contributed by atoms with Crippen molar-refractivity contribution in [3.63, 3.8) is 0 Å². The summed E-state index contributed by atoms with van der Waals surface area (Å²) in [5.41, 5.74) is 4.34. The normalized spacial score (nSPS) is 11.7. The molecule has 6 heteroatoms. The molecule has 0 atom stereocenters. The molecule has 0 aliphatic carbocycles. The molecule has 0 fully saturated rings. The van der Waals surface area contributed by atoms with Crippen LogP contribution in [0.1, 0.15) is 0 Å². The zero-order valence-corrected chi connectivity index (χ0v) is 22.7. The zero-order chi connectivity index (χ0) is 25.9. The molecular formula is C33H20BN3S2. The molecule has 0 saturated carbocycles. The Morgan fingerprint density at radius 2 is 0.974 bits per heavy atom. The molecule has 182 valence electrons. The first-order valence-electron chi connectivity index (χ1n) is 12.9. The Morgan fingerprint density at radius 3 is 1.72 bits per heavy atom. The molecule has 8 rings (SSSR count). The van der Waals surface area contributed by atoms with Crippen LogP contribution in [0.15, 0.2) is 109 Å². The molecule has 0 aliphatic heterocycles. The number of fused-ring (bicyclic) bond motifs is 6. The quantitative estimate of drug-likeness (QED) is 0.217. The third-order valence-corrected chi connectivity index (χ3v) is 9.88. The predicted molar refractivity (Wildman–Crippen MR) is 170 cm³/mol. The molecule has 8 aromatic rings. The van der Waals surface area contributed by atoms with Crippen molar-refractivity contribution in [3.05, 3.63) is 109 Å². The Hall–Kier alpha value is -4.39. The third-order valence-electron chi connectivity index (χ3n) is 7.27. The van der Waals surface area contributed by atoms with Crippen LogP contribution in [0.4, 0.5) is 0 Å². The summed E-state index contributed by atoms with van der Waals surface area (Å²) in [6, 6.07) is 38.2. The molecule has 39 heavy (non-hydrogen) atoms. The average Bonchev–Trinajstić information content (AvgIpc) is 3.57. The minimum absolute atomic E-state index is 0.683. The van der Waals surface area contributed by atoms with Gasteiger partial charge < -0.3 is 0 Å². The van der Waals surface area contributed by atoms with Gasteiger partial charge >= 0.3 is 0 Å². The number of hydrogen-bond acceptors (Lipinski definition) is 5. The van der Waals surface area contributed by atoms with Crippen LogP contribution in [0.25, 0.3) is 74.5 Å². The van der Waals surface area contributed by atoms with E-state index >= 15 is 0 Å². The highest BCUT2D eigenvalue weighted by atomic mass is 32.1. The minimum Gasteiger partial charge on any atom is -0.208 e. The van der Waals surface area contributed by atoms with Crippen LogP contribution < -0.4 is 5.46 Å². The van der Waals surface area contributed by atoms with Crippen LogP contribution in [-0.4, -0.2) is 22.8 Å². The summed E-state index contributed by atoms with van der Waals surface area (Å²) >= 11 is 3.62. The molecule has 3 heterocycles. The van der Waals surface area contributed by atoms with Gasteiger partial charge in [0.25, 0.3) is 0 Å². The lowest BCUT2D eigenvalue weighted by atomic mass is 9.94. The second kappa shape index (κ2) is 8.84. The van der Waals surface area contributed by atoms with E-state index < -0.39 is 0 Å². The lowest BCUT2D eigenvalue weighted by molar-refractivity contribution is 1.08. The van der Waals surface area contributed by atoms with Gasteiger partial charge in [-0.05, 0) is 23.6 Å². The Morgan fingerprint density at radius 1 is 0.436 bits per heavy atom. The van der Waals surface area contributed by atoms with Gasteiger partial charge in [-0.25, -0.2) is 15.0 Å². The topological polar surface area (TPSA) is 38.7 Å². The van der Waals surface area contributed by atoms with Gasteiger partial charge in [0.2, 0.25) is 0 Å². The highest BCUT2D eigenvalue weighted by molar-refractivity contribution is 7.27. The molecule has 3 aromatic heterocycles. The van der Waals surface area contributed by atoms with Crippen molar-refractivity contribution in [1.82, 2.24) is 15.0 Å². The summed E-state index contributed by atoms with van der Waals surface area (Å²) in [6.07, 6.45) is 0. The van der Waals surface area contributed by atoms with Crippen molar-refractivity contribution in [2.24, 2.45) is 0 Å². The van der Waals surface area contributed by atoms with Crippen molar-refractivity contribution in [3.8, 4) is 34.2 Å². The zero-order valence-electron chi connectivity index (χ0n) is 21.1. The maximum Gasteiger partial charge on any atom is 0.165 e.